The molecule has 4 rings (SSSR count). The number of ether oxygens (including phenoxy) is 1. The van der Waals surface area contributed by atoms with Crippen molar-refractivity contribution in [3.63, 3.8) is 0 Å². The highest BCUT2D eigenvalue weighted by Gasteiger charge is 2.40. The number of rotatable bonds is 5. The Morgan fingerprint density at radius 1 is 1.19 bits per heavy atom. The Balaban J connectivity index is 1.48. The summed E-state index contributed by atoms with van der Waals surface area (Å²) >= 11 is 5.80. The third kappa shape index (κ3) is 5.26. The van der Waals surface area contributed by atoms with Gasteiger partial charge in [0.05, 0.1) is 22.5 Å². The minimum absolute atomic E-state index is 0.111. The van der Waals surface area contributed by atoms with Crippen LogP contribution in [0.15, 0.2) is 36.5 Å². The highest BCUT2D eigenvalue weighted by Crippen LogP contribution is 2.27. The van der Waals surface area contributed by atoms with Crippen LogP contribution < -0.4 is 20.9 Å². The SMILES string of the molecule is COC1CC(C(=O)Nc2ccc(N3C(=O)CC(=O)NC3=O)cc2F)N(C(=O)Nc2ccc(Cl)cn2)C1. The van der Waals surface area contributed by atoms with E-state index < -0.39 is 54.2 Å². The van der Waals surface area contributed by atoms with Gasteiger partial charge < -0.3 is 15.0 Å². The van der Waals surface area contributed by atoms with Crippen LogP contribution >= 0.6 is 11.6 Å². The Morgan fingerprint density at radius 3 is 2.61 bits per heavy atom. The number of aromatic nitrogens is 1. The molecule has 1 aromatic heterocycles. The number of amides is 7. The molecule has 7 amide bonds. The zero-order valence-corrected chi connectivity index (χ0v) is 19.5. The van der Waals surface area contributed by atoms with E-state index in [1.165, 1.54) is 36.4 Å². The molecule has 14 heteroatoms. The van der Waals surface area contributed by atoms with E-state index in [0.29, 0.717) is 9.92 Å². The molecule has 2 aromatic rings. The van der Waals surface area contributed by atoms with Crippen molar-refractivity contribution in [3.05, 3.63) is 47.4 Å². The summed E-state index contributed by atoms with van der Waals surface area (Å²) in [7, 11) is 1.45. The van der Waals surface area contributed by atoms with Gasteiger partial charge in [-0.1, -0.05) is 11.6 Å². The molecule has 188 valence electrons. The van der Waals surface area contributed by atoms with Crippen molar-refractivity contribution in [1.29, 1.82) is 0 Å². The van der Waals surface area contributed by atoms with Crippen LogP contribution in [0.1, 0.15) is 12.8 Å². The van der Waals surface area contributed by atoms with Gasteiger partial charge in [0.15, 0.2) is 0 Å². The molecule has 0 radical (unpaired) electrons. The lowest BCUT2D eigenvalue weighted by atomic mass is 10.1. The summed E-state index contributed by atoms with van der Waals surface area (Å²) in [5.41, 5.74) is -0.345. The van der Waals surface area contributed by atoms with Crippen molar-refractivity contribution in [2.24, 2.45) is 0 Å². The molecular weight excluding hydrogens is 499 g/mol. The van der Waals surface area contributed by atoms with Gasteiger partial charge in [-0.2, -0.15) is 0 Å². The van der Waals surface area contributed by atoms with Gasteiger partial charge in [0, 0.05) is 32.3 Å². The second-order valence-electron chi connectivity index (χ2n) is 7.97. The highest BCUT2D eigenvalue weighted by molar-refractivity contribution is 6.30. The molecule has 0 saturated carbocycles. The first-order valence-electron chi connectivity index (χ1n) is 10.7. The van der Waals surface area contributed by atoms with Gasteiger partial charge in [-0.3, -0.25) is 25.0 Å². The van der Waals surface area contributed by atoms with E-state index in [1.54, 1.807) is 6.07 Å². The van der Waals surface area contributed by atoms with Gasteiger partial charge in [0.2, 0.25) is 17.7 Å². The topological polar surface area (TPSA) is 150 Å². The number of carbonyl (C=O) groups is 5. The molecule has 0 spiro atoms. The first-order chi connectivity index (χ1) is 17.2. The van der Waals surface area contributed by atoms with E-state index >= 15 is 0 Å². The van der Waals surface area contributed by atoms with Gasteiger partial charge in [-0.25, -0.2) is 23.9 Å². The second kappa shape index (κ2) is 10.3. The number of nitrogens with one attached hydrogen (secondary N) is 3. The maximum atomic E-state index is 14.8. The number of likely N-dealkylation sites (tertiary alicyclic amines) is 1. The molecule has 3 heterocycles. The standard InChI is InChI=1S/C22H20ClFN6O6/c1-36-13-7-16(29(10-13)21(34)27-17-5-2-11(23)9-25-17)20(33)26-15-4-3-12(6-14(15)24)30-19(32)8-18(31)28-22(30)35/h2-6,9,13,16H,7-8,10H2,1H3,(H,26,33)(H,25,27,34)(H,28,31,35). The summed E-state index contributed by atoms with van der Waals surface area (Å²) in [4.78, 5) is 67.1. The molecule has 0 bridgehead atoms. The highest BCUT2D eigenvalue weighted by atomic mass is 35.5. The quantitative estimate of drug-likeness (QED) is 0.513. The monoisotopic (exact) mass is 518 g/mol. The summed E-state index contributed by atoms with van der Waals surface area (Å²) < 4.78 is 20.1. The summed E-state index contributed by atoms with van der Waals surface area (Å²) in [6.07, 6.45) is 0.537. The average Bonchev–Trinajstić information content (AvgIpc) is 3.26. The summed E-state index contributed by atoms with van der Waals surface area (Å²) in [5, 5.41) is 7.37. The first kappa shape index (κ1) is 25.0. The first-order valence-corrected chi connectivity index (χ1v) is 11.0. The Bertz CT molecular complexity index is 1220. The number of methoxy groups -OCH3 is 1. The number of carbonyl (C=O) groups excluding carboxylic acids is 5. The molecule has 2 unspecified atom stereocenters. The number of hydrogen-bond acceptors (Lipinski definition) is 7. The van der Waals surface area contributed by atoms with Crippen LogP contribution in [0.5, 0.6) is 0 Å². The molecule has 2 atom stereocenters. The third-order valence-electron chi connectivity index (χ3n) is 5.60. The Morgan fingerprint density at radius 2 is 1.97 bits per heavy atom. The Hall–Kier alpha value is -4.10. The van der Waals surface area contributed by atoms with E-state index in [0.717, 1.165) is 6.07 Å². The number of anilines is 3. The second-order valence-corrected chi connectivity index (χ2v) is 8.40. The van der Waals surface area contributed by atoms with E-state index in [-0.39, 0.29) is 30.2 Å². The smallest absolute Gasteiger partial charge is 0.335 e. The molecular formula is C22H20ClFN6O6. The van der Waals surface area contributed by atoms with Gasteiger partial charge in [0.25, 0.3) is 0 Å². The molecule has 2 fully saturated rings. The van der Waals surface area contributed by atoms with E-state index in [9.17, 15) is 28.4 Å². The lowest BCUT2D eigenvalue weighted by Gasteiger charge is -2.25. The van der Waals surface area contributed by atoms with Crippen LogP contribution in [-0.2, 0) is 19.1 Å². The molecule has 2 aliphatic heterocycles. The number of benzene rings is 1. The predicted octanol–water partition coefficient (Wildman–Crippen LogP) is 2.11. The van der Waals surface area contributed by atoms with Gasteiger partial charge >= 0.3 is 12.1 Å². The largest absolute Gasteiger partial charge is 0.380 e. The van der Waals surface area contributed by atoms with Crippen LogP contribution in [0.4, 0.5) is 31.2 Å². The molecule has 3 N–H and O–H groups in total. The predicted molar refractivity (Wildman–Crippen MR) is 125 cm³/mol. The molecule has 12 nitrogen and oxygen atoms in total. The van der Waals surface area contributed by atoms with E-state index in [1.807, 2.05) is 5.32 Å². The zero-order valence-electron chi connectivity index (χ0n) is 18.8. The summed E-state index contributed by atoms with van der Waals surface area (Å²) in [5.74, 6) is -2.94. The molecule has 36 heavy (non-hydrogen) atoms. The number of hydrogen-bond donors (Lipinski definition) is 3. The fourth-order valence-corrected chi connectivity index (χ4v) is 3.95. The van der Waals surface area contributed by atoms with Crippen LogP contribution in [0.25, 0.3) is 0 Å². The van der Waals surface area contributed by atoms with Crippen molar-refractivity contribution < 1.29 is 33.1 Å². The lowest BCUT2D eigenvalue weighted by Crippen LogP contribution is -2.53. The van der Waals surface area contributed by atoms with Gasteiger partial charge in [-0.05, 0) is 24.3 Å². The van der Waals surface area contributed by atoms with Crippen molar-refractivity contribution in [2.75, 3.05) is 29.2 Å². The number of imide groups is 2. The summed E-state index contributed by atoms with van der Waals surface area (Å²) in [6, 6.07) is 3.75. The van der Waals surface area contributed by atoms with Gasteiger partial charge in [-0.15, -0.1) is 0 Å². The van der Waals surface area contributed by atoms with Crippen LogP contribution in [-0.4, -0.2) is 65.5 Å². The molecule has 0 aliphatic carbocycles. The maximum absolute atomic E-state index is 14.8. The van der Waals surface area contributed by atoms with Crippen molar-refractivity contribution in [2.45, 2.75) is 25.0 Å². The Kier molecular flexibility index (Phi) is 7.12. The molecule has 1 aromatic carbocycles. The minimum atomic E-state index is -0.999. The molecule has 2 aliphatic rings. The number of nitrogens with zero attached hydrogens (tertiary/aromatic N) is 3. The maximum Gasteiger partial charge on any atom is 0.335 e. The van der Waals surface area contributed by atoms with Crippen LogP contribution in [0.3, 0.4) is 0 Å². The normalized spacial score (nSPS) is 19.8. The average molecular weight is 519 g/mol. The fraction of sp³-hybridized carbons (Fsp3) is 0.273. The fourth-order valence-electron chi connectivity index (χ4n) is 3.84. The van der Waals surface area contributed by atoms with E-state index in [2.05, 4.69) is 15.6 Å². The number of halogens is 2. The lowest BCUT2D eigenvalue weighted by molar-refractivity contribution is -0.128. The van der Waals surface area contributed by atoms with E-state index in [4.69, 9.17) is 16.3 Å². The number of barbiturate groups is 1. The van der Waals surface area contributed by atoms with Crippen molar-refractivity contribution >= 4 is 58.6 Å². The van der Waals surface area contributed by atoms with Crippen molar-refractivity contribution in [3.8, 4) is 0 Å². The third-order valence-corrected chi connectivity index (χ3v) is 5.82. The summed E-state index contributed by atoms with van der Waals surface area (Å²) in [6.45, 7) is 0.111. The van der Waals surface area contributed by atoms with Crippen LogP contribution in [0, 0.1) is 5.82 Å². The number of pyridine rings is 1. The molecule has 2 saturated heterocycles. The van der Waals surface area contributed by atoms with Crippen molar-refractivity contribution in [1.82, 2.24) is 15.2 Å². The number of urea groups is 2. The Labute approximate surface area is 208 Å². The minimum Gasteiger partial charge on any atom is -0.380 e. The zero-order chi connectivity index (χ0) is 26.0. The van der Waals surface area contributed by atoms with Gasteiger partial charge in [0.1, 0.15) is 24.1 Å². The van der Waals surface area contributed by atoms with Crippen LogP contribution in [0.2, 0.25) is 5.02 Å².